The van der Waals surface area contributed by atoms with Gasteiger partial charge in [0, 0.05) is 24.1 Å². The summed E-state index contributed by atoms with van der Waals surface area (Å²) in [5.41, 5.74) is 1.50. The van der Waals surface area contributed by atoms with Crippen molar-refractivity contribution < 1.29 is 19.4 Å². The number of nitrogens with zero attached hydrogens (tertiary/aromatic N) is 1. The maximum Gasteiger partial charge on any atom is 0.303 e. The number of carboxylic acids is 1. The Morgan fingerprint density at radius 1 is 1.15 bits per heavy atom. The Morgan fingerprint density at radius 3 is 2.46 bits per heavy atom. The summed E-state index contributed by atoms with van der Waals surface area (Å²) in [4.78, 5) is 15.7. The molecule has 2 aromatic rings. The highest BCUT2D eigenvalue weighted by molar-refractivity contribution is 6.14. The molecule has 5 heteroatoms. The number of aromatic hydroxyl groups is 1. The number of aliphatic imine (C=N–C) groups is 1. The lowest BCUT2D eigenvalue weighted by Crippen LogP contribution is -2.15. The van der Waals surface area contributed by atoms with Crippen LogP contribution >= 0.6 is 0 Å². The van der Waals surface area contributed by atoms with Crippen molar-refractivity contribution in [2.45, 2.75) is 26.7 Å². The quantitative estimate of drug-likeness (QED) is 0.683. The zero-order valence-corrected chi connectivity index (χ0v) is 15.0. The highest BCUT2D eigenvalue weighted by Gasteiger charge is 2.17. The Hall–Kier alpha value is -2.69. The van der Waals surface area contributed by atoms with Gasteiger partial charge in [0.25, 0.3) is 0 Å². The van der Waals surface area contributed by atoms with Crippen molar-refractivity contribution in [3.63, 3.8) is 0 Å². The van der Waals surface area contributed by atoms with E-state index >= 15 is 0 Å². The van der Waals surface area contributed by atoms with Crippen LogP contribution in [0.1, 0.15) is 37.8 Å². The second-order valence-electron chi connectivity index (χ2n) is 6.81. The average molecular weight is 357 g/mol. The Balaban J connectivity index is 2.41. The number of phenols is 1. The van der Waals surface area contributed by atoms with Gasteiger partial charge in [-0.1, -0.05) is 44.2 Å². The molecule has 0 amide bonds. The Bertz CT molecular complexity index is 772. The second kappa shape index (κ2) is 9.13. The van der Waals surface area contributed by atoms with E-state index in [2.05, 4.69) is 4.99 Å². The van der Waals surface area contributed by atoms with E-state index in [0.29, 0.717) is 23.7 Å². The normalized spacial score (nSPS) is 13.0. The molecular formula is C21H24FNO3. The van der Waals surface area contributed by atoms with Crippen LogP contribution in [0.25, 0.3) is 0 Å². The number of benzene rings is 2. The summed E-state index contributed by atoms with van der Waals surface area (Å²) in [5, 5.41) is 19.3. The fourth-order valence-corrected chi connectivity index (χ4v) is 2.98. The molecular weight excluding hydrogens is 333 g/mol. The number of rotatable bonds is 8. The third-order valence-corrected chi connectivity index (χ3v) is 4.04. The molecule has 0 unspecified atom stereocenters. The van der Waals surface area contributed by atoms with Crippen LogP contribution in [-0.4, -0.2) is 28.4 Å². The highest BCUT2D eigenvalue weighted by Crippen LogP contribution is 2.24. The van der Waals surface area contributed by atoms with Gasteiger partial charge < -0.3 is 10.2 Å². The molecule has 0 aliphatic rings. The van der Waals surface area contributed by atoms with E-state index in [9.17, 15) is 14.3 Å². The monoisotopic (exact) mass is 357 g/mol. The van der Waals surface area contributed by atoms with Crippen LogP contribution in [0.4, 0.5) is 4.39 Å². The standard InChI is InChI=1S/C21H24FNO3/c1-14(2)10-15(11-20(25)26)13-23-21(16-6-4-3-5-7-16)18-12-17(22)8-9-19(18)24/h3-9,12,14-15,24H,10-11,13H2,1-2H3,(H,25,26)/t15-/m0/s1. The molecule has 0 spiro atoms. The molecule has 4 nitrogen and oxygen atoms in total. The highest BCUT2D eigenvalue weighted by atomic mass is 19.1. The molecule has 1 atom stereocenters. The third-order valence-electron chi connectivity index (χ3n) is 4.04. The van der Waals surface area contributed by atoms with E-state index in [-0.39, 0.29) is 18.1 Å². The van der Waals surface area contributed by atoms with Crippen molar-refractivity contribution >= 4 is 11.7 Å². The van der Waals surface area contributed by atoms with Gasteiger partial charge >= 0.3 is 5.97 Å². The molecule has 26 heavy (non-hydrogen) atoms. The minimum Gasteiger partial charge on any atom is -0.507 e. The van der Waals surface area contributed by atoms with Crippen molar-refractivity contribution in [2.24, 2.45) is 16.8 Å². The molecule has 138 valence electrons. The van der Waals surface area contributed by atoms with Crippen LogP contribution in [0.15, 0.2) is 53.5 Å². The molecule has 2 rings (SSSR count). The molecule has 0 aliphatic carbocycles. The van der Waals surface area contributed by atoms with E-state index in [1.165, 1.54) is 18.2 Å². The minimum atomic E-state index is -0.860. The first-order valence-electron chi connectivity index (χ1n) is 8.67. The topological polar surface area (TPSA) is 69.9 Å². The first-order valence-corrected chi connectivity index (χ1v) is 8.67. The average Bonchev–Trinajstić information content (AvgIpc) is 2.58. The SMILES string of the molecule is CC(C)C[C@H](CN=C(c1ccccc1)c1cc(F)ccc1O)CC(=O)O. The van der Waals surface area contributed by atoms with Crippen molar-refractivity contribution in [1.29, 1.82) is 0 Å². The fourth-order valence-electron chi connectivity index (χ4n) is 2.98. The largest absolute Gasteiger partial charge is 0.507 e. The summed E-state index contributed by atoms with van der Waals surface area (Å²) in [6, 6.07) is 12.9. The van der Waals surface area contributed by atoms with Gasteiger partial charge in [-0.3, -0.25) is 9.79 Å². The molecule has 0 aliphatic heterocycles. The predicted octanol–water partition coefficient (Wildman–Crippen LogP) is 4.51. The molecule has 2 aromatic carbocycles. The van der Waals surface area contributed by atoms with Gasteiger partial charge in [0.2, 0.25) is 0 Å². The van der Waals surface area contributed by atoms with Gasteiger partial charge in [0.1, 0.15) is 11.6 Å². The Labute approximate surface area is 153 Å². The van der Waals surface area contributed by atoms with Gasteiger partial charge in [-0.05, 0) is 36.5 Å². The van der Waals surface area contributed by atoms with Crippen molar-refractivity contribution in [1.82, 2.24) is 0 Å². The zero-order chi connectivity index (χ0) is 19.1. The van der Waals surface area contributed by atoms with Crippen LogP contribution in [0.2, 0.25) is 0 Å². The van der Waals surface area contributed by atoms with Crippen LogP contribution in [-0.2, 0) is 4.79 Å². The number of hydrogen-bond donors (Lipinski definition) is 2. The van der Waals surface area contributed by atoms with Crippen molar-refractivity contribution in [2.75, 3.05) is 6.54 Å². The molecule has 0 bridgehead atoms. The number of halogens is 1. The molecule has 0 radical (unpaired) electrons. The summed E-state index contributed by atoms with van der Waals surface area (Å²) in [6.07, 6.45) is 0.756. The first kappa shape index (κ1) is 19.6. The molecule has 0 heterocycles. The lowest BCUT2D eigenvalue weighted by molar-refractivity contribution is -0.138. The first-order chi connectivity index (χ1) is 12.4. The summed E-state index contributed by atoms with van der Waals surface area (Å²) in [7, 11) is 0. The van der Waals surface area contributed by atoms with Crippen LogP contribution in [0, 0.1) is 17.7 Å². The number of aliphatic carboxylic acids is 1. The molecule has 2 N–H and O–H groups in total. The third kappa shape index (κ3) is 5.69. The molecule has 0 saturated carbocycles. The van der Waals surface area contributed by atoms with Gasteiger partial charge in [0.15, 0.2) is 0 Å². The smallest absolute Gasteiger partial charge is 0.303 e. The maximum atomic E-state index is 13.7. The number of hydrogen-bond acceptors (Lipinski definition) is 3. The van der Waals surface area contributed by atoms with Gasteiger partial charge in [-0.2, -0.15) is 0 Å². The van der Waals surface area contributed by atoms with E-state index in [4.69, 9.17) is 5.11 Å². The van der Waals surface area contributed by atoms with E-state index in [0.717, 1.165) is 12.0 Å². The fraction of sp³-hybridized carbons (Fsp3) is 0.333. The van der Waals surface area contributed by atoms with Crippen LogP contribution in [0.5, 0.6) is 5.75 Å². The van der Waals surface area contributed by atoms with E-state index in [1.54, 1.807) is 0 Å². The molecule has 0 saturated heterocycles. The summed E-state index contributed by atoms with van der Waals surface area (Å²) >= 11 is 0. The number of carboxylic acid groups (broad SMARTS) is 1. The lowest BCUT2D eigenvalue weighted by atomic mass is 9.94. The molecule has 0 fully saturated rings. The lowest BCUT2D eigenvalue weighted by Gasteiger charge is -2.16. The zero-order valence-electron chi connectivity index (χ0n) is 15.0. The minimum absolute atomic E-state index is 0.0267. The number of phenolic OH excluding ortho intramolecular Hbond substituents is 1. The van der Waals surface area contributed by atoms with E-state index < -0.39 is 11.8 Å². The van der Waals surface area contributed by atoms with Crippen LogP contribution < -0.4 is 0 Å². The second-order valence-corrected chi connectivity index (χ2v) is 6.81. The van der Waals surface area contributed by atoms with Gasteiger partial charge in [-0.15, -0.1) is 0 Å². The Morgan fingerprint density at radius 2 is 1.85 bits per heavy atom. The number of carbonyl (C=O) groups is 1. The maximum absolute atomic E-state index is 13.7. The van der Waals surface area contributed by atoms with E-state index in [1.807, 2.05) is 44.2 Å². The summed E-state index contributed by atoms with van der Waals surface area (Å²) < 4.78 is 13.7. The summed E-state index contributed by atoms with van der Waals surface area (Å²) in [6.45, 7) is 4.37. The summed E-state index contributed by atoms with van der Waals surface area (Å²) in [5.74, 6) is -1.17. The Kier molecular flexibility index (Phi) is 6.89. The predicted molar refractivity (Wildman–Crippen MR) is 100 cm³/mol. The van der Waals surface area contributed by atoms with Crippen molar-refractivity contribution in [3.05, 3.63) is 65.5 Å². The van der Waals surface area contributed by atoms with Crippen LogP contribution in [0.3, 0.4) is 0 Å². The van der Waals surface area contributed by atoms with Crippen molar-refractivity contribution in [3.8, 4) is 5.75 Å². The molecule has 0 aromatic heterocycles. The van der Waals surface area contributed by atoms with Gasteiger partial charge in [0.05, 0.1) is 5.71 Å². The van der Waals surface area contributed by atoms with Gasteiger partial charge in [-0.25, -0.2) is 4.39 Å².